The molecule has 0 bridgehead atoms. The molecule has 1 aliphatic rings. The predicted octanol–water partition coefficient (Wildman–Crippen LogP) is 3.54. The summed E-state index contributed by atoms with van der Waals surface area (Å²) in [6.45, 7) is 8.24. The van der Waals surface area contributed by atoms with E-state index in [1.54, 1.807) is 0 Å². The molecule has 124 valence electrons. The van der Waals surface area contributed by atoms with Gasteiger partial charge in [-0.05, 0) is 31.7 Å². The van der Waals surface area contributed by atoms with Crippen LogP contribution in [0.1, 0.15) is 52.0 Å². The molecule has 0 saturated heterocycles. The molecule has 0 amide bonds. The highest BCUT2D eigenvalue weighted by molar-refractivity contribution is 5.91. The molecule has 1 aliphatic carbocycles. The quantitative estimate of drug-likeness (QED) is 0.736. The van der Waals surface area contributed by atoms with Crippen molar-refractivity contribution < 1.29 is 4.42 Å². The molecule has 1 fully saturated rings. The summed E-state index contributed by atoms with van der Waals surface area (Å²) in [5.41, 5.74) is 0.680. The zero-order valence-corrected chi connectivity index (χ0v) is 14.3. The van der Waals surface area contributed by atoms with Crippen LogP contribution in [-0.2, 0) is 0 Å². The first-order valence-corrected chi connectivity index (χ1v) is 8.24. The van der Waals surface area contributed by atoms with Gasteiger partial charge >= 0.3 is 0 Å². The molecule has 1 atom stereocenters. The molecule has 0 aliphatic heterocycles. The van der Waals surface area contributed by atoms with Crippen LogP contribution in [0.4, 0.5) is 0 Å². The summed E-state index contributed by atoms with van der Waals surface area (Å²) in [4.78, 5) is 12.6. The Morgan fingerprint density at radius 3 is 2.50 bits per heavy atom. The van der Waals surface area contributed by atoms with Crippen LogP contribution in [-0.4, -0.2) is 20.0 Å². The van der Waals surface area contributed by atoms with E-state index < -0.39 is 0 Å². The number of aromatic nitrogens is 4. The van der Waals surface area contributed by atoms with Gasteiger partial charge in [-0.1, -0.05) is 32.0 Å². The van der Waals surface area contributed by atoms with E-state index in [1.165, 1.54) is 4.68 Å². The Bertz CT molecular complexity index is 984. The molecule has 0 N–H and O–H groups in total. The molecule has 0 unspecified atom stereocenters. The fraction of sp³-hybridized carbons (Fsp3) is 0.444. The Kier molecular flexibility index (Phi) is 3.13. The van der Waals surface area contributed by atoms with E-state index in [4.69, 9.17) is 4.42 Å². The monoisotopic (exact) mass is 324 g/mol. The molecule has 24 heavy (non-hydrogen) atoms. The van der Waals surface area contributed by atoms with Gasteiger partial charge in [-0.2, -0.15) is 5.10 Å². The lowest BCUT2D eigenvalue weighted by atomic mass is 10.1. The predicted molar refractivity (Wildman–Crippen MR) is 90.8 cm³/mol. The molecule has 3 aromatic rings. The van der Waals surface area contributed by atoms with E-state index in [1.807, 2.05) is 38.1 Å². The summed E-state index contributed by atoms with van der Waals surface area (Å²) in [7, 11) is 0. The Balaban J connectivity index is 1.90. The summed E-state index contributed by atoms with van der Waals surface area (Å²) in [5, 5.41) is 14.3. The van der Waals surface area contributed by atoms with E-state index in [0.29, 0.717) is 28.8 Å². The Labute approximate surface area is 139 Å². The first-order valence-electron chi connectivity index (χ1n) is 8.24. The lowest BCUT2D eigenvalue weighted by Gasteiger charge is -2.11. The second kappa shape index (κ2) is 5.00. The topological polar surface area (TPSA) is 73.8 Å². The number of hydrogen-bond donors (Lipinski definition) is 0. The summed E-state index contributed by atoms with van der Waals surface area (Å²) < 4.78 is 7.39. The van der Waals surface area contributed by atoms with Crippen molar-refractivity contribution in [1.29, 1.82) is 0 Å². The van der Waals surface area contributed by atoms with E-state index in [-0.39, 0.29) is 17.0 Å². The lowest BCUT2D eigenvalue weighted by molar-refractivity contribution is 0.469. The maximum atomic E-state index is 12.6. The lowest BCUT2D eigenvalue weighted by Crippen LogP contribution is -2.25. The van der Waals surface area contributed by atoms with E-state index in [9.17, 15) is 4.79 Å². The molecule has 0 spiro atoms. The maximum Gasteiger partial charge on any atom is 0.274 e. The van der Waals surface area contributed by atoms with Gasteiger partial charge in [0.2, 0.25) is 5.89 Å². The largest absolute Gasteiger partial charge is 0.419 e. The molecule has 2 aromatic heterocycles. The average molecular weight is 324 g/mol. The molecule has 6 heteroatoms. The molecule has 1 aromatic carbocycles. The van der Waals surface area contributed by atoms with Crippen LogP contribution in [0.25, 0.3) is 22.4 Å². The van der Waals surface area contributed by atoms with Gasteiger partial charge in [0.15, 0.2) is 5.69 Å². The SMILES string of the molecule is CC(C)n1nc(-c2nnc([C@H]3CC3(C)C)o2)c2ccccc2c1=O. The van der Waals surface area contributed by atoms with E-state index in [2.05, 4.69) is 29.1 Å². The van der Waals surface area contributed by atoms with Crippen molar-refractivity contribution in [3.8, 4) is 11.6 Å². The third-order valence-electron chi connectivity index (χ3n) is 4.77. The molecule has 0 radical (unpaired) electrons. The number of hydrogen-bond acceptors (Lipinski definition) is 5. The molecule has 4 rings (SSSR count). The van der Waals surface area contributed by atoms with Crippen LogP contribution in [0, 0.1) is 5.41 Å². The first-order chi connectivity index (χ1) is 11.4. The minimum atomic E-state index is -0.104. The Hall–Kier alpha value is -2.50. The number of fused-ring (bicyclic) bond motifs is 1. The van der Waals surface area contributed by atoms with Gasteiger partial charge in [0.1, 0.15) is 0 Å². The number of rotatable bonds is 3. The zero-order valence-electron chi connectivity index (χ0n) is 14.3. The third-order valence-corrected chi connectivity index (χ3v) is 4.77. The minimum absolute atomic E-state index is 0.0504. The van der Waals surface area contributed by atoms with Crippen LogP contribution in [0.5, 0.6) is 0 Å². The Morgan fingerprint density at radius 1 is 1.21 bits per heavy atom. The van der Waals surface area contributed by atoms with Crippen molar-refractivity contribution in [1.82, 2.24) is 20.0 Å². The Morgan fingerprint density at radius 2 is 1.88 bits per heavy atom. The van der Waals surface area contributed by atoms with Crippen molar-refractivity contribution in [2.24, 2.45) is 5.41 Å². The standard InChI is InChI=1S/C18H20N4O2/c1-10(2)22-17(23)12-8-6-5-7-11(12)14(21-22)16-20-19-15(24-16)13-9-18(13,3)4/h5-8,10,13H,9H2,1-4H3/t13-/m1/s1. The normalized spacial score (nSPS) is 19.1. The molecule has 1 saturated carbocycles. The van der Waals surface area contributed by atoms with Crippen molar-refractivity contribution in [2.75, 3.05) is 0 Å². The summed E-state index contributed by atoms with van der Waals surface area (Å²) in [6, 6.07) is 7.36. The second-order valence-electron chi connectivity index (χ2n) is 7.43. The molecule has 6 nitrogen and oxygen atoms in total. The highest BCUT2D eigenvalue weighted by atomic mass is 16.4. The summed E-state index contributed by atoms with van der Waals surface area (Å²) in [6.07, 6.45) is 1.05. The van der Waals surface area contributed by atoms with Crippen LogP contribution >= 0.6 is 0 Å². The van der Waals surface area contributed by atoms with Crippen LogP contribution in [0.15, 0.2) is 33.5 Å². The highest BCUT2D eigenvalue weighted by Crippen LogP contribution is 2.58. The van der Waals surface area contributed by atoms with Crippen molar-refractivity contribution in [3.63, 3.8) is 0 Å². The van der Waals surface area contributed by atoms with Gasteiger partial charge < -0.3 is 4.42 Å². The van der Waals surface area contributed by atoms with Gasteiger partial charge in [-0.25, -0.2) is 4.68 Å². The summed E-state index contributed by atoms with van der Waals surface area (Å²) in [5.74, 6) is 1.34. The van der Waals surface area contributed by atoms with Crippen molar-refractivity contribution >= 4 is 10.8 Å². The minimum Gasteiger partial charge on any atom is -0.419 e. The third kappa shape index (κ3) is 2.25. The maximum absolute atomic E-state index is 12.6. The van der Waals surface area contributed by atoms with E-state index >= 15 is 0 Å². The smallest absolute Gasteiger partial charge is 0.274 e. The molecular weight excluding hydrogens is 304 g/mol. The summed E-state index contributed by atoms with van der Waals surface area (Å²) >= 11 is 0. The van der Waals surface area contributed by atoms with Gasteiger partial charge in [0, 0.05) is 11.3 Å². The average Bonchev–Trinajstić information content (AvgIpc) is 2.96. The number of benzene rings is 1. The van der Waals surface area contributed by atoms with Crippen LogP contribution in [0.3, 0.4) is 0 Å². The van der Waals surface area contributed by atoms with E-state index in [0.717, 1.165) is 11.8 Å². The fourth-order valence-corrected chi connectivity index (χ4v) is 3.07. The number of nitrogens with zero attached hydrogens (tertiary/aromatic N) is 4. The van der Waals surface area contributed by atoms with Gasteiger partial charge in [-0.15, -0.1) is 10.2 Å². The highest BCUT2D eigenvalue weighted by Gasteiger charge is 2.50. The molecular formula is C18H20N4O2. The first kappa shape index (κ1) is 15.1. The zero-order chi connectivity index (χ0) is 17.1. The fourth-order valence-electron chi connectivity index (χ4n) is 3.07. The second-order valence-corrected chi connectivity index (χ2v) is 7.43. The van der Waals surface area contributed by atoms with Crippen LogP contribution in [0.2, 0.25) is 0 Å². The molecule has 2 heterocycles. The van der Waals surface area contributed by atoms with Gasteiger partial charge in [0.25, 0.3) is 11.4 Å². The van der Waals surface area contributed by atoms with Gasteiger partial charge in [-0.3, -0.25) is 4.79 Å². The van der Waals surface area contributed by atoms with Gasteiger partial charge in [0.05, 0.1) is 11.4 Å². The van der Waals surface area contributed by atoms with Crippen molar-refractivity contribution in [3.05, 3.63) is 40.5 Å². The van der Waals surface area contributed by atoms with Crippen LogP contribution < -0.4 is 5.56 Å². The van der Waals surface area contributed by atoms with Crippen molar-refractivity contribution in [2.45, 2.75) is 46.1 Å².